The molecule has 2 unspecified atom stereocenters. The summed E-state index contributed by atoms with van der Waals surface area (Å²) in [5.74, 6) is 0.687. The van der Waals surface area contributed by atoms with E-state index < -0.39 is 0 Å². The van der Waals surface area contributed by atoms with Crippen LogP contribution in [0.1, 0.15) is 82.5 Å². The molecule has 1 aromatic carbocycles. The second-order valence-corrected chi connectivity index (χ2v) is 11.2. The van der Waals surface area contributed by atoms with Crippen molar-refractivity contribution in [3.63, 3.8) is 0 Å². The third-order valence-electron chi connectivity index (χ3n) is 8.12. The van der Waals surface area contributed by atoms with Crippen LogP contribution < -0.4 is 0 Å². The van der Waals surface area contributed by atoms with Crippen molar-refractivity contribution in [2.75, 3.05) is 53.4 Å². The number of halogens is 2. The molecule has 2 aliphatic heterocycles. The molecule has 2 heterocycles. The Labute approximate surface area is 253 Å². The number of piperidine rings is 2. The van der Waals surface area contributed by atoms with Gasteiger partial charge in [-0.05, 0) is 51.0 Å². The van der Waals surface area contributed by atoms with Crippen LogP contribution >= 0.6 is 34.0 Å². The van der Waals surface area contributed by atoms with Crippen molar-refractivity contribution in [1.29, 1.82) is 0 Å². The highest BCUT2D eigenvalue weighted by atomic mass is 79.9. The molecule has 2 aliphatic rings. The normalized spacial score (nSPS) is 21.1. The molecule has 38 heavy (non-hydrogen) atoms. The largest absolute Gasteiger partial charge is 0.345 e. The highest BCUT2D eigenvalue weighted by Gasteiger charge is 2.37. The summed E-state index contributed by atoms with van der Waals surface area (Å²) in [6.45, 7) is 11.7. The van der Waals surface area contributed by atoms with Crippen LogP contribution in [0.5, 0.6) is 0 Å². The first-order chi connectivity index (χ1) is 17.3. The van der Waals surface area contributed by atoms with E-state index in [-0.39, 0.29) is 52.0 Å². The quantitative estimate of drug-likeness (QED) is 0.289. The number of hydrogen-bond acceptors (Lipinski definition) is 4. The van der Waals surface area contributed by atoms with Crippen LogP contribution in [0.15, 0.2) is 24.3 Å². The Bertz CT molecular complexity index is 792. The van der Waals surface area contributed by atoms with Crippen LogP contribution in [-0.4, -0.2) is 84.8 Å². The Balaban J connectivity index is 0.00000361. The van der Waals surface area contributed by atoms with Gasteiger partial charge in [-0.3, -0.25) is 19.4 Å². The molecular weight excluding hydrogens is 608 g/mol. The second-order valence-electron chi connectivity index (χ2n) is 11.2. The molecule has 2 saturated heterocycles. The molecule has 218 valence electrons. The van der Waals surface area contributed by atoms with Gasteiger partial charge < -0.3 is 9.80 Å². The lowest BCUT2D eigenvalue weighted by molar-refractivity contribution is -0.138. The first-order valence-corrected chi connectivity index (χ1v) is 14.4. The lowest BCUT2D eigenvalue weighted by Gasteiger charge is -2.46. The third-order valence-corrected chi connectivity index (χ3v) is 8.12. The lowest BCUT2D eigenvalue weighted by Crippen LogP contribution is -2.52. The molecule has 6 nitrogen and oxygen atoms in total. The molecule has 2 fully saturated rings. The van der Waals surface area contributed by atoms with Gasteiger partial charge in [-0.1, -0.05) is 56.5 Å². The Morgan fingerprint density at radius 2 is 1.24 bits per heavy atom. The molecule has 0 aromatic heterocycles. The van der Waals surface area contributed by atoms with Crippen molar-refractivity contribution < 1.29 is 9.59 Å². The third kappa shape index (κ3) is 9.60. The highest BCUT2D eigenvalue weighted by molar-refractivity contribution is 8.93. The SMILES string of the molecule is Br.Br.CCCCN(C)C(=O)C1CCCN(C(c2ccc(C)cc2)N2CCCC(C(=O)N(C)CCCC)C2)C1. The molecule has 0 spiro atoms. The van der Waals surface area contributed by atoms with E-state index in [0.717, 1.165) is 90.6 Å². The van der Waals surface area contributed by atoms with Gasteiger partial charge in [-0.2, -0.15) is 0 Å². The average molecular weight is 661 g/mol. The molecule has 0 N–H and O–H groups in total. The molecule has 8 heteroatoms. The number of rotatable bonds is 11. The number of unbranched alkanes of at least 4 members (excludes halogenated alkanes) is 2. The number of nitrogens with zero attached hydrogens (tertiary/aromatic N) is 4. The van der Waals surface area contributed by atoms with Crippen LogP contribution in [0.3, 0.4) is 0 Å². The molecule has 1 aromatic rings. The minimum absolute atomic E-state index is 0. The van der Waals surface area contributed by atoms with Gasteiger partial charge in [0.2, 0.25) is 11.8 Å². The zero-order chi connectivity index (χ0) is 26.1. The predicted octanol–water partition coefficient (Wildman–Crippen LogP) is 6.09. The van der Waals surface area contributed by atoms with Gasteiger partial charge >= 0.3 is 0 Å². The number of amides is 2. The molecule has 0 saturated carbocycles. The molecule has 0 bridgehead atoms. The van der Waals surface area contributed by atoms with E-state index in [1.807, 2.05) is 23.9 Å². The van der Waals surface area contributed by atoms with Crippen molar-refractivity contribution in [1.82, 2.24) is 19.6 Å². The smallest absolute Gasteiger partial charge is 0.226 e. The molecule has 3 rings (SSSR count). The fraction of sp³-hybridized carbons (Fsp3) is 0.733. The fourth-order valence-electron chi connectivity index (χ4n) is 5.89. The van der Waals surface area contributed by atoms with E-state index >= 15 is 0 Å². The van der Waals surface area contributed by atoms with E-state index in [0.29, 0.717) is 11.8 Å². The molecule has 2 atom stereocenters. The highest BCUT2D eigenvalue weighted by Crippen LogP contribution is 2.34. The van der Waals surface area contributed by atoms with Crippen LogP contribution in [0.4, 0.5) is 0 Å². The Morgan fingerprint density at radius 1 is 0.816 bits per heavy atom. The van der Waals surface area contributed by atoms with Crippen LogP contribution in [0, 0.1) is 18.8 Å². The monoisotopic (exact) mass is 658 g/mol. The van der Waals surface area contributed by atoms with Crippen molar-refractivity contribution in [2.45, 2.75) is 78.3 Å². The van der Waals surface area contributed by atoms with E-state index in [1.165, 1.54) is 11.1 Å². The minimum Gasteiger partial charge on any atom is -0.345 e. The lowest BCUT2D eigenvalue weighted by atomic mass is 9.92. The number of benzene rings is 1. The number of carbonyl (C=O) groups excluding carboxylic acids is 2. The first kappa shape index (κ1) is 35.1. The van der Waals surface area contributed by atoms with Gasteiger partial charge in [0, 0.05) is 53.4 Å². The molecule has 0 radical (unpaired) electrons. The van der Waals surface area contributed by atoms with Gasteiger partial charge in [0.25, 0.3) is 0 Å². The van der Waals surface area contributed by atoms with Crippen LogP contribution in [-0.2, 0) is 9.59 Å². The maximum atomic E-state index is 13.3. The zero-order valence-corrected chi connectivity index (χ0v) is 27.8. The van der Waals surface area contributed by atoms with Crippen molar-refractivity contribution in [3.8, 4) is 0 Å². The van der Waals surface area contributed by atoms with Gasteiger partial charge in [-0.25, -0.2) is 0 Å². The van der Waals surface area contributed by atoms with Crippen molar-refractivity contribution >= 4 is 45.8 Å². The van der Waals surface area contributed by atoms with Crippen LogP contribution in [0.2, 0.25) is 0 Å². The number of likely N-dealkylation sites (tertiary alicyclic amines) is 2. The summed E-state index contributed by atoms with van der Waals surface area (Å²) in [7, 11) is 3.93. The summed E-state index contributed by atoms with van der Waals surface area (Å²) >= 11 is 0. The summed E-state index contributed by atoms with van der Waals surface area (Å²) in [6.07, 6.45) is 8.44. The number of carbonyl (C=O) groups is 2. The summed E-state index contributed by atoms with van der Waals surface area (Å²) in [4.78, 5) is 35.5. The van der Waals surface area contributed by atoms with E-state index in [4.69, 9.17) is 0 Å². The molecule has 2 amide bonds. The average Bonchev–Trinajstić information content (AvgIpc) is 2.91. The van der Waals surface area contributed by atoms with Gasteiger partial charge in [0.1, 0.15) is 0 Å². The van der Waals surface area contributed by atoms with Gasteiger partial charge in [0.15, 0.2) is 0 Å². The van der Waals surface area contributed by atoms with E-state index in [2.05, 4.69) is 54.8 Å². The summed E-state index contributed by atoms with van der Waals surface area (Å²) in [5, 5.41) is 0. The Morgan fingerprint density at radius 3 is 1.63 bits per heavy atom. The predicted molar refractivity (Wildman–Crippen MR) is 168 cm³/mol. The Hall–Kier alpha value is -0.960. The summed E-state index contributed by atoms with van der Waals surface area (Å²) < 4.78 is 0. The van der Waals surface area contributed by atoms with E-state index in [9.17, 15) is 9.59 Å². The number of hydrogen-bond donors (Lipinski definition) is 0. The fourth-order valence-corrected chi connectivity index (χ4v) is 5.89. The van der Waals surface area contributed by atoms with Crippen LogP contribution in [0.25, 0.3) is 0 Å². The number of aryl methyl sites for hydroxylation is 1. The van der Waals surface area contributed by atoms with Gasteiger partial charge in [0.05, 0.1) is 18.0 Å². The maximum absolute atomic E-state index is 13.3. The molecular formula is C30H52Br2N4O2. The first-order valence-electron chi connectivity index (χ1n) is 14.4. The summed E-state index contributed by atoms with van der Waals surface area (Å²) in [6, 6.07) is 8.88. The topological polar surface area (TPSA) is 47.1 Å². The van der Waals surface area contributed by atoms with Gasteiger partial charge in [-0.15, -0.1) is 34.0 Å². The summed E-state index contributed by atoms with van der Waals surface area (Å²) in [5.41, 5.74) is 2.53. The van der Waals surface area contributed by atoms with Crippen molar-refractivity contribution in [2.24, 2.45) is 11.8 Å². The zero-order valence-electron chi connectivity index (χ0n) is 24.4. The maximum Gasteiger partial charge on any atom is 0.226 e. The van der Waals surface area contributed by atoms with Crippen molar-refractivity contribution in [3.05, 3.63) is 35.4 Å². The Kier molecular flexibility index (Phi) is 16.3. The standard InChI is InChI=1S/C30H50N4O2.2BrH/c1-6-8-18-31(4)29(35)26-12-10-20-33(22-26)28(25-16-14-24(3)15-17-25)34-21-11-13-27(23-34)30(36)32(5)19-9-7-2;;/h14-17,26-28H,6-13,18-23H2,1-5H3;2*1H. The van der Waals surface area contributed by atoms with E-state index in [1.54, 1.807) is 0 Å². The minimum atomic E-state index is 0. The second kappa shape index (κ2) is 17.7. The molecule has 0 aliphatic carbocycles.